The molecule has 1 amide bonds. The van der Waals surface area contributed by atoms with Crippen molar-refractivity contribution in [1.82, 2.24) is 4.90 Å². The lowest BCUT2D eigenvalue weighted by Crippen LogP contribution is -2.31. The van der Waals surface area contributed by atoms with Crippen LogP contribution in [0.15, 0.2) is 0 Å². The summed E-state index contributed by atoms with van der Waals surface area (Å²) in [7, 11) is 0. The maximum atomic E-state index is 11.8. The minimum atomic E-state index is -2.68. The summed E-state index contributed by atoms with van der Waals surface area (Å²) in [6.45, 7) is -1.11. The van der Waals surface area contributed by atoms with Crippen molar-refractivity contribution in [2.45, 2.75) is 12.5 Å². The van der Waals surface area contributed by atoms with Gasteiger partial charge in [-0.25, -0.2) is 18.4 Å². The highest BCUT2D eigenvalue weighted by molar-refractivity contribution is 5.81. The largest absolute Gasteiger partial charge is 0.478 e. The standard InChI is InChI=1S/C6H7F2NO4/c7-4(8)2-9-1-3(5(10)11)13-6(9)12/h3-4H,1-2H2,(H,10,11). The van der Waals surface area contributed by atoms with Crippen molar-refractivity contribution < 1.29 is 28.2 Å². The van der Waals surface area contributed by atoms with Crippen LogP contribution in [-0.2, 0) is 9.53 Å². The lowest BCUT2D eigenvalue weighted by Gasteiger charge is -2.10. The van der Waals surface area contributed by atoms with Crippen molar-refractivity contribution in [2.75, 3.05) is 13.1 Å². The average Bonchev–Trinajstić information content (AvgIpc) is 2.31. The smallest absolute Gasteiger partial charge is 0.411 e. The summed E-state index contributed by atoms with van der Waals surface area (Å²) in [5.41, 5.74) is 0. The first-order valence-corrected chi connectivity index (χ1v) is 3.47. The molecule has 0 aromatic rings. The molecule has 1 atom stereocenters. The van der Waals surface area contributed by atoms with Crippen LogP contribution in [0.2, 0.25) is 0 Å². The third kappa shape index (κ3) is 2.27. The number of cyclic esters (lactones) is 1. The molecular formula is C6H7F2NO4. The number of carbonyl (C=O) groups is 2. The Kier molecular flexibility index (Phi) is 2.64. The Hall–Kier alpha value is -1.40. The first kappa shape index (κ1) is 9.69. The minimum Gasteiger partial charge on any atom is -0.478 e. The molecule has 1 aliphatic rings. The molecule has 0 aromatic carbocycles. The summed E-state index contributed by atoms with van der Waals surface area (Å²) in [6.07, 6.45) is -5.01. The number of nitrogens with zero attached hydrogens (tertiary/aromatic N) is 1. The molecule has 0 aliphatic carbocycles. The van der Waals surface area contributed by atoms with E-state index in [1.54, 1.807) is 0 Å². The summed E-state index contributed by atoms with van der Waals surface area (Å²) in [6, 6.07) is 0. The van der Waals surface area contributed by atoms with Crippen LogP contribution in [0.3, 0.4) is 0 Å². The van der Waals surface area contributed by atoms with Crippen molar-refractivity contribution in [1.29, 1.82) is 0 Å². The molecular weight excluding hydrogens is 188 g/mol. The Morgan fingerprint density at radius 1 is 1.77 bits per heavy atom. The predicted molar refractivity (Wildman–Crippen MR) is 35.5 cm³/mol. The van der Waals surface area contributed by atoms with E-state index in [0.29, 0.717) is 4.90 Å². The second-order valence-corrected chi connectivity index (χ2v) is 2.51. The minimum absolute atomic E-state index is 0.321. The highest BCUT2D eigenvalue weighted by atomic mass is 19.3. The molecule has 5 nitrogen and oxygen atoms in total. The van der Waals surface area contributed by atoms with Gasteiger partial charge in [-0.15, -0.1) is 0 Å². The maximum absolute atomic E-state index is 11.8. The van der Waals surface area contributed by atoms with E-state index < -0.39 is 31.1 Å². The van der Waals surface area contributed by atoms with Gasteiger partial charge < -0.3 is 9.84 Å². The van der Waals surface area contributed by atoms with Gasteiger partial charge in [0.15, 0.2) is 0 Å². The normalized spacial score (nSPS) is 22.2. The number of carboxylic acids is 1. The number of amides is 1. The number of ether oxygens (including phenoxy) is 1. The molecule has 1 aliphatic heterocycles. The summed E-state index contributed by atoms with van der Waals surface area (Å²) in [5, 5.41) is 8.39. The summed E-state index contributed by atoms with van der Waals surface area (Å²) < 4.78 is 27.9. The molecule has 13 heavy (non-hydrogen) atoms. The Morgan fingerprint density at radius 3 is 2.77 bits per heavy atom. The summed E-state index contributed by atoms with van der Waals surface area (Å²) >= 11 is 0. The zero-order valence-corrected chi connectivity index (χ0v) is 6.44. The molecule has 0 bridgehead atoms. The molecule has 1 heterocycles. The quantitative estimate of drug-likeness (QED) is 0.696. The van der Waals surface area contributed by atoms with Crippen molar-refractivity contribution >= 4 is 12.1 Å². The van der Waals surface area contributed by atoms with Gasteiger partial charge in [-0.2, -0.15) is 0 Å². The van der Waals surface area contributed by atoms with Gasteiger partial charge in [0, 0.05) is 0 Å². The van der Waals surface area contributed by atoms with Crippen LogP contribution in [-0.4, -0.2) is 47.7 Å². The van der Waals surface area contributed by atoms with Crippen molar-refractivity contribution in [3.05, 3.63) is 0 Å². The Labute approximate surface area is 71.9 Å². The van der Waals surface area contributed by atoms with Gasteiger partial charge in [0.1, 0.15) is 0 Å². The summed E-state index contributed by atoms with van der Waals surface area (Å²) in [5.74, 6) is -1.33. The van der Waals surface area contributed by atoms with E-state index in [9.17, 15) is 18.4 Å². The molecule has 1 saturated heterocycles. The van der Waals surface area contributed by atoms with E-state index in [1.165, 1.54) is 0 Å². The Balaban J connectivity index is 2.51. The van der Waals surface area contributed by atoms with Crippen LogP contribution in [0.1, 0.15) is 0 Å². The Morgan fingerprint density at radius 2 is 2.38 bits per heavy atom. The average molecular weight is 195 g/mol. The second-order valence-electron chi connectivity index (χ2n) is 2.51. The molecule has 0 aromatic heterocycles. The van der Waals surface area contributed by atoms with Crippen LogP contribution in [0.4, 0.5) is 13.6 Å². The zero-order valence-electron chi connectivity index (χ0n) is 6.44. The summed E-state index contributed by atoms with van der Waals surface area (Å²) in [4.78, 5) is 21.7. The van der Waals surface area contributed by atoms with E-state index in [4.69, 9.17) is 5.11 Å². The first-order valence-electron chi connectivity index (χ1n) is 3.47. The fraction of sp³-hybridized carbons (Fsp3) is 0.667. The van der Waals surface area contributed by atoms with Crippen LogP contribution in [0, 0.1) is 0 Å². The molecule has 74 valence electrons. The van der Waals surface area contributed by atoms with Gasteiger partial charge in [0.25, 0.3) is 6.43 Å². The first-order chi connectivity index (χ1) is 6.00. The number of rotatable bonds is 3. The number of hydrogen-bond donors (Lipinski definition) is 1. The van der Waals surface area contributed by atoms with Gasteiger partial charge in [0.05, 0.1) is 13.1 Å². The van der Waals surface area contributed by atoms with Crippen molar-refractivity contribution in [3.8, 4) is 0 Å². The predicted octanol–water partition coefficient (Wildman–Crippen LogP) is 0.157. The molecule has 1 rings (SSSR count). The van der Waals surface area contributed by atoms with E-state index in [1.807, 2.05) is 0 Å². The number of hydrogen-bond acceptors (Lipinski definition) is 3. The fourth-order valence-corrected chi connectivity index (χ4v) is 0.952. The molecule has 0 saturated carbocycles. The number of carboxylic acid groups (broad SMARTS) is 1. The van der Waals surface area contributed by atoms with Gasteiger partial charge in [0.2, 0.25) is 6.10 Å². The lowest BCUT2D eigenvalue weighted by atomic mass is 10.3. The second kappa shape index (κ2) is 3.55. The van der Waals surface area contributed by atoms with Crippen molar-refractivity contribution in [3.63, 3.8) is 0 Å². The van der Waals surface area contributed by atoms with E-state index in [-0.39, 0.29) is 6.54 Å². The van der Waals surface area contributed by atoms with Gasteiger partial charge in [-0.1, -0.05) is 0 Å². The van der Waals surface area contributed by atoms with Gasteiger partial charge in [-0.3, -0.25) is 4.90 Å². The number of halogens is 2. The molecule has 7 heteroatoms. The monoisotopic (exact) mass is 195 g/mol. The lowest BCUT2D eigenvalue weighted by molar-refractivity contribution is -0.144. The number of alkyl halides is 2. The highest BCUT2D eigenvalue weighted by Gasteiger charge is 2.36. The van der Waals surface area contributed by atoms with E-state index >= 15 is 0 Å². The topological polar surface area (TPSA) is 66.8 Å². The Bertz CT molecular complexity index is 233. The van der Waals surface area contributed by atoms with Crippen LogP contribution in [0.25, 0.3) is 0 Å². The van der Waals surface area contributed by atoms with Gasteiger partial charge in [-0.05, 0) is 0 Å². The number of aliphatic carboxylic acids is 1. The van der Waals surface area contributed by atoms with E-state index in [0.717, 1.165) is 0 Å². The van der Waals surface area contributed by atoms with Gasteiger partial charge >= 0.3 is 12.1 Å². The maximum Gasteiger partial charge on any atom is 0.411 e. The molecule has 1 fully saturated rings. The highest BCUT2D eigenvalue weighted by Crippen LogP contribution is 2.12. The molecule has 1 N–H and O–H groups in total. The fourth-order valence-electron chi connectivity index (χ4n) is 0.952. The van der Waals surface area contributed by atoms with Crippen molar-refractivity contribution in [2.24, 2.45) is 0 Å². The van der Waals surface area contributed by atoms with E-state index in [2.05, 4.69) is 4.74 Å². The zero-order chi connectivity index (χ0) is 10.0. The number of carbonyl (C=O) groups excluding carboxylic acids is 1. The third-order valence-electron chi connectivity index (χ3n) is 1.52. The molecule has 0 spiro atoms. The van der Waals surface area contributed by atoms with Crippen LogP contribution in [0.5, 0.6) is 0 Å². The van der Waals surface area contributed by atoms with Crippen LogP contribution < -0.4 is 0 Å². The third-order valence-corrected chi connectivity index (χ3v) is 1.52. The SMILES string of the molecule is O=C(O)C1CN(CC(F)F)C(=O)O1. The molecule has 1 unspecified atom stereocenters. The van der Waals surface area contributed by atoms with Crippen LogP contribution >= 0.6 is 0 Å². The molecule has 0 radical (unpaired) electrons.